The van der Waals surface area contributed by atoms with Gasteiger partial charge in [0.25, 0.3) is 0 Å². The number of nitrogens with one attached hydrogen (secondary N) is 3. The molecular formula is C29H50N4O5S+2. The number of carbonyl (C=O) groups excluding carboxylic acids is 4. The molecule has 3 N–H and O–H groups in total. The summed E-state index contributed by atoms with van der Waals surface area (Å²) in [5, 5.41) is 2.75. The summed E-state index contributed by atoms with van der Waals surface area (Å²) in [4.78, 5) is 56.9. The molecule has 2 heterocycles. The largest absolute Gasteiger partial charge is 0.387 e. The Morgan fingerprint density at radius 3 is 2.44 bits per heavy atom. The van der Waals surface area contributed by atoms with E-state index >= 15 is 0 Å². The van der Waals surface area contributed by atoms with Crippen molar-refractivity contribution in [1.82, 2.24) is 10.2 Å². The van der Waals surface area contributed by atoms with Crippen LogP contribution in [0.3, 0.4) is 0 Å². The molecule has 2 aliphatic carbocycles. The zero-order chi connectivity index (χ0) is 28.5. The monoisotopic (exact) mass is 566 g/mol. The zero-order valence-electron chi connectivity index (χ0n) is 24.7. The van der Waals surface area contributed by atoms with Gasteiger partial charge in [-0.05, 0) is 51.4 Å². The van der Waals surface area contributed by atoms with Crippen LogP contribution in [0.2, 0.25) is 0 Å². The van der Waals surface area contributed by atoms with Crippen LogP contribution in [0.15, 0.2) is 0 Å². The summed E-state index contributed by atoms with van der Waals surface area (Å²) >= 11 is 1.51. The summed E-state index contributed by atoms with van der Waals surface area (Å²) in [5.74, 6) is -0.410. The van der Waals surface area contributed by atoms with Crippen molar-refractivity contribution >= 4 is 35.5 Å². The normalized spacial score (nSPS) is 32.3. The fraction of sp³-hybridized carbons (Fsp3) is 0.862. The lowest BCUT2D eigenvalue weighted by Gasteiger charge is -2.45. The molecule has 7 atom stereocenters. The number of thioether (sulfide) groups is 1. The van der Waals surface area contributed by atoms with Gasteiger partial charge in [0.15, 0.2) is 6.04 Å². The molecule has 0 radical (unpaired) electrons. The first-order chi connectivity index (χ1) is 18.4. The third kappa shape index (κ3) is 6.48. The number of fused-ring (bicyclic) bond motifs is 2. The second-order valence-electron chi connectivity index (χ2n) is 13.3. The minimum absolute atomic E-state index is 0.00289. The number of ether oxygens (including phenoxy) is 1. The molecule has 9 nitrogen and oxygen atoms in total. The molecule has 0 aromatic rings. The van der Waals surface area contributed by atoms with Gasteiger partial charge in [0.1, 0.15) is 17.5 Å². The zero-order valence-corrected chi connectivity index (χ0v) is 25.5. The molecule has 0 spiro atoms. The lowest BCUT2D eigenvalue weighted by atomic mass is 9.65. The highest BCUT2D eigenvalue weighted by Gasteiger charge is 2.65. The van der Waals surface area contributed by atoms with Gasteiger partial charge >= 0.3 is 11.9 Å². The molecule has 2 aliphatic heterocycles. The highest BCUT2D eigenvalue weighted by Crippen LogP contribution is 2.51. The summed E-state index contributed by atoms with van der Waals surface area (Å²) < 4.78 is 4.81. The third-order valence-corrected chi connectivity index (χ3v) is 11.0. The van der Waals surface area contributed by atoms with Crippen LogP contribution in [0.25, 0.3) is 0 Å². The molecular weight excluding hydrogens is 516 g/mol. The van der Waals surface area contributed by atoms with Crippen LogP contribution in [0, 0.1) is 17.8 Å². The van der Waals surface area contributed by atoms with Crippen molar-refractivity contribution in [3.63, 3.8) is 0 Å². The van der Waals surface area contributed by atoms with E-state index in [1.807, 2.05) is 27.9 Å². The van der Waals surface area contributed by atoms with Crippen LogP contribution < -0.4 is 15.1 Å². The standard InChI is InChI=1S/C29H48N4O5S/c1-29(2)23(28(37)38-27(36)21(32(5)6)16-9-10-17-31(3)4)33-25(35)22(26(33)39-29)30-24(34)20-15-11-13-18-12-7-8-14-19(18)20/h18-23,26H,7-17H2,1-6H3,(H,30,34)/p+2/t18?,19?,20?,21?,22-,23+,26-/m1/s1. The Morgan fingerprint density at radius 1 is 1.05 bits per heavy atom. The molecule has 2 saturated carbocycles. The predicted molar refractivity (Wildman–Crippen MR) is 150 cm³/mol. The summed E-state index contributed by atoms with van der Waals surface area (Å²) in [6.07, 6.45) is 10.5. The minimum atomic E-state index is -0.857. The van der Waals surface area contributed by atoms with E-state index < -0.39 is 34.8 Å². The van der Waals surface area contributed by atoms with Crippen molar-refractivity contribution < 1.29 is 33.7 Å². The molecule has 39 heavy (non-hydrogen) atoms. The highest BCUT2D eigenvalue weighted by atomic mass is 32.2. The van der Waals surface area contributed by atoms with Crippen LogP contribution in [0.5, 0.6) is 0 Å². The van der Waals surface area contributed by atoms with Crippen molar-refractivity contribution in [2.45, 2.75) is 106 Å². The number of β-lactam (4-membered cyclic amide) rings is 1. The first-order valence-corrected chi connectivity index (χ1v) is 15.9. The van der Waals surface area contributed by atoms with Crippen molar-refractivity contribution in [2.24, 2.45) is 17.8 Å². The van der Waals surface area contributed by atoms with Gasteiger partial charge in [0, 0.05) is 17.1 Å². The van der Waals surface area contributed by atoms with E-state index in [1.165, 1.54) is 47.2 Å². The summed E-state index contributed by atoms with van der Waals surface area (Å²) in [7, 11) is 8.00. The highest BCUT2D eigenvalue weighted by molar-refractivity contribution is 8.01. The van der Waals surface area contributed by atoms with Gasteiger partial charge in [0.05, 0.1) is 34.7 Å². The maximum Gasteiger partial charge on any atom is 0.372 e. The lowest BCUT2D eigenvalue weighted by Crippen LogP contribution is -3.11. The van der Waals surface area contributed by atoms with Crippen LogP contribution in [-0.2, 0) is 23.9 Å². The molecule has 220 valence electrons. The van der Waals surface area contributed by atoms with E-state index in [4.69, 9.17) is 4.74 Å². The van der Waals surface area contributed by atoms with Crippen molar-refractivity contribution in [3.05, 3.63) is 0 Å². The number of esters is 2. The van der Waals surface area contributed by atoms with Crippen molar-refractivity contribution in [2.75, 3.05) is 34.7 Å². The van der Waals surface area contributed by atoms with E-state index in [0.717, 1.165) is 43.5 Å². The molecule has 2 amide bonds. The van der Waals surface area contributed by atoms with E-state index in [0.29, 0.717) is 18.3 Å². The van der Waals surface area contributed by atoms with Gasteiger partial charge in [-0.1, -0.05) is 32.1 Å². The van der Waals surface area contributed by atoms with E-state index in [1.54, 1.807) is 0 Å². The lowest BCUT2D eigenvalue weighted by molar-refractivity contribution is -0.877. The Kier molecular flexibility index (Phi) is 9.69. The number of nitrogens with zero attached hydrogens (tertiary/aromatic N) is 1. The molecule has 0 aromatic carbocycles. The Hall–Kier alpha value is -1.65. The van der Waals surface area contributed by atoms with Crippen LogP contribution in [-0.4, -0.2) is 91.6 Å². The number of amides is 2. The van der Waals surface area contributed by atoms with E-state index in [-0.39, 0.29) is 23.1 Å². The van der Waals surface area contributed by atoms with Gasteiger partial charge in [0.2, 0.25) is 11.8 Å². The molecule has 0 bridgehead atoms. The number of hydrogen-bond donors (Lipinski definition) is 3. The van der Waals surface area contributed by atoms with E-state index in [9.17, 15) is 19.2 Å². The van der Waals surface area contributed by atoms with Gasteiger partial charge in [-0.15, -0.1) is 11.8 Å². The molecule has 0 aromatic heterocycles. The van der Waals surface area contributed by atoms with Gasteiger partial charge in [-0.3, -0.25) is 9.59 Å². The summed E-state index contributed by atoms with van der Waals surface area (Å²) in [5.41, 5.74) is 0. The number of rotatable bonds is 10. The average Bonchev–Trinajstić information content (AvgIpc) is 3.13. The number of hydrogen-bond acceptors (Lipinski definition) is 6. The molecule has 4 unspecified atom stereocenters. The maximum absolute atomic E-state index is 13.4. The Labute approximate surface area is 238 Å². The maximum atomic E-state index is 13.4. The molecule has 2 saturated heterocycles. The number of likely N-dealkylation sites (N-methyl/N-ethyl adjacent to an activating group) is 1. The second-order valence-corrected chi connectivity index (χ2v) is 15.1. The van der Waals surface area contributed by atoms with E-state index in [2.05, 4.69) is 19.4 Å². The van der Waals surface area contributed by atoms with Gasteiger partial charge in [-0.25, -0.2) is 9.59 Å². The molecule has 4 rings (SSSR count). The smallest absolute Gasteiger partial charge is 0.372 e. The summed E-state index contributed by atoms with van der Waals surface area (Å²) in [6.45, 7) is 4.84. The van der Waals surface area contributed by atoms with Crippen molar-refractivity contribution in [1.29, 1.82) is 0 Å². The minimum Gasteiger partial charge on any atom is -0.387 e. The fourth-order valence-electron chi connectivity index (χ4n) is 7.35. The molecule has 4 aliphatic rings. The quantitative estimate of drug-likeness (QED) is 0.149. The molecule has 4 fully saturated rings. The number of quaternary nitrogens is 2. The van der Waals surface area contributed by atoms with Crippen LogP contribution in [0.1, 0.15) is 78.1 Å². The number of carbonyl (C=O) groups is 4. The SMILES string of the molecule is C[NH+](C)CCCCC(C(=O)OC(=O)[C@@H]1N2C(=O)[C@@H](NC(=O)C3CCCC4CCCCC43)[C@H]2SC1(C)C)[NH+](C)C. The predicted octanol–water partition coefficient (Wildman–Crippen LogP) is 0.0377. The Morgan fingerprint density at radius 2 is 1.74 bits per heavy atom. The van der Waals surface area contributed by atoms with Gasteiger partial charge < -0.3 is 24.8 Å². The first kappa shape index (κ1) is 30.3. The topological polar surface area (TPSA) is 102 Å². The summed E-state index contributed by atoms with van der Waals surface area (Å²) in [6, 6.07) is -1.92. The van der Waals surface area contributed by atoms with Crippen molar-refractivity contribution in [3.8, 4) is 0 Å². The fourth-order valence-corrected chi connectivity index (χ4v) is 8.97. The average molecular weight is 567 g/mol. The second kappa shape index (κ2) is 12.5. The Balaban J connectivity index is 1.36. The third-order valence-electron chi connectivity index (χ3n) is 9.48. The van der Waals surface area contributed by atoms with Gasteiger partial charge in [-0.2, -0.15) is 0 Å². The molecule has 10 heteroatoms. The first-order valence-electron chi connectivity index (χ1n) is 15.1. The Bertz CT molecular complexity index is 939. The number of unbranched alkanes of at least 4 members (excludes halogenated alkanes) is 1. The van der Waals surface area contributed by atoms with Crippen LogP contribution >= 0.6 is 11.8 Å². The van der Waals surface area contributed by atoms with Crippen LogP contribution in [0.4, 0.5) is 0 Å².